The van der Waals surface area contributed by atoms with Gasteiger partial charge < -0.3 is 0 Å². The number of fused-ring (bicyclic) bond motifs is 1. The minimum absolute atomic E-state index is 1.19. The second-order valence-corrected chi connectivity index (χ2v) is 5.24. The number of thiophene rings is 1. The van der Waals surface area contributed by atoms with Gasteiger partial charge in [0.1, 0.15) is 0 Å². The average molecular weight is 226 g/mol. The fourth-order valence-corrected chi connectivity index (χ4v) is 3.18. The Hall–Kier alpha value is -1.34. The second kappa shape index (κ2) is 3.91. The van der Waals surface area contributed by atoms with Crippen molar-refractivity contribution in [1.82, 2.24) is 0 Å². The maximum absolute atomic E-state index is 2.37. The van der Waals surface area contributed by atoms with Crippen LogP contribution in [0, 0.1) is 6.92 Å². The third-order valence-electron chi connectivity index (χ3n) is 3.23. The van der Waals surface area contributed by atoms with Crippen LogP contribution in [0.15, 0.2) is 35.7 Å². The third kappa shape index (κ3) is 1.61. The highest BCUT2D eigenvalue weighted by molar-refractivity contribution is 7.11. The normalized spacial score (nSPS) is 16.7. The summed E-state index contributed by atoms with van der Waals surface area (Å²) >= 11 is 1.83. The van der Waals surface area contributed by atoms with Crippen LogP contribution in [0.2, 0.25) is 0 Å². The highest BCUT2D eigenvalue weighted by Gasteiger charge is 2.15. The lowest BCUT2D eigenvalue weighted by molar-refractivity contribution is 1.08. The highest BCUT2D eigenvalue weighted by Crippen LogP contribution is 2.34. The number of rotatable bonds is 1. The molecular weight excluding hydrogens is 212 g/mol. The molecule has 2 aromatic rings. The van der Waals surface area contributed by atoms with Gasteiger partial charge in [-0.15, -0.1) is 11.3 Å². The van der Waals surface area contributed by atoms with Crippen molar-refractivity contribution in [3.63, 3.8) is 0 Å². The van der Waals surface area contributed by atoms with Gasteiger partial charge in [-0.05, 0) is 59.6 Å². The summed E-state index contributed by atoms with van der Waals surface area (Å²) in [5, 5.41) is 2.17. The molecule has 1 aromatic carbocycles. The van der Waals surface area contributed by atoms with Crippen LogP contribution < -0.4 is 0 Å². The molecule has 0 N–H and O–H groups in total. The van der Waals surface area contributed by atoms with Crippen LogP contribution in [0.3, 0.4) is 0 Å². The first kappa shape index (κ1) is 9.86. The fourth-order valence-electron chi connectivity index (χ4n) is 2.30. The molecule has 1 aromatic heterocycles. The van der Waals surface area contributed by atoms with Crippen molar-refractivity contribution in [2.45, 2.75) is 19.8 Å². The first-order valence-electron chi connectivity index (χ1n) is 5.67. The van der Waals surface area contributed by atoms with Crippen LogP contribution in [0.25, 0.3) is 11.6 Å². The van der Waals surface area contributed by atoms with E-state index in [9.17, 15) is 0 Å². The van der Waals surface area contributed by atoms with E-state index in [1.165, 1.54) is 40.0 Å². The van der Waals surface area contributed by atoms with Crippen molar-refractivity contribution < 1.29 is 0 Å². The summed E-state index contributed by atoms with van der Waals surface area (Å²) in [7, 11) is 0. The van der Waals surface area contributed by atoms with Gasteiger partial charge in [0, 0.05) is 4.88 Å². The molecule has 0 saturated carbocycles. The number of aryl methyl sites for hydroxylation is 2. The standard InChI is InChI=1S/C15H14S/c1-11-8-9-16-15(11)10-13-7-6-12-4-2-3-5-14(12)13/h2-5,8-10H,6-7H2,1H3/b13-10-. The molecule has 0 saturated heterocycles. The zero-order valence-electron chi connectivity index (χ0n) is 9.36. The summed E-state index contributed by atoms with van der Waals surface area (Å²) < 4.78 is 0. The Kier molecular flexibility index (Phi) is 2.41. The van der Waals surface area contributed by atoms with Crippen LogP contribution in [0.1, 0.15) is 28.0 Å². The van der Waals surface area contributed by atoms with Gasteiger partial charge in [0.2, 0.25) is 0 Å². The Balaban J connectivity index is 2.05. The van der Waals surface area contributed by atoms with E-state index in [0.717, 1.165) is 0 Å². The fraction of sp³-hybridized carbons (Fsp3) is 0.200. The summed E-state index contributed by atoms with van der Waals surface area (Å²) in [5.41, 5.74) is 5.85. The predicted octanol–water partition coefficient (Wildman–Crippen LogP) is 4.54. The van der Waals surface area contributed by atoms with Crippen LogP contribution in [-0.2, 0) is 6.42 Å². The molecule has 0 nitrogen and oxygen atoms in total. The quantitative estimate of drug-likeness (QED) is 0.669. The molecule has 0 aliphatic heterocycles. The zero-order valence-corrected chi connectivity index (χ0v) is 10.2. The van der Waals surface area contributed by atoms with Gasteiger partial charge in [0.25, 0.3) is 0 Å². The average Bonchev–Trinajstić information content (AvgIpc) is 2.88. The zero-order chi connectivity index (χ0) is 11.0. The molecule has 1 heterocycles. The van der Waals surface area contributed by atoms with Crippen molar-refractivity contribution in [2.75, 3.05) is 0 Å². The van der Waals surface area contributed by atoms with Crippen molar-refractivity contribution in [1.29, 1.82) is 0 Å². The summed E-state index contributed by atoms with van der Waals surface area (Å²) in [6.45, 7) is 2.18. The summed E-state index contributed by atoms with van der Waals surface area (Å²) in [4.78, 5) is 1.41. The minimum Gasteiger partial charge on any atom is -0.144 e. The monoisotopic (exact) mass is 226 g/mol. The van der Waals surface area contributed by atoms with Gasteiger partial charge in [-0.2, -0.15) is 0 Å². The molecule has 16 heavy (non-hydrogen) atoms. The van der Waals surface area contributed by atoms with Gasteiger partial charge in [0.05, 0.1) is 0 Å². The Labute approximate surface area is 100 Å². The molecule has 0 radical (unpaired) electrons. The van der Waals surface area contributed by atoms with Crippen LogP contribution in [0.4, 0.5) is 0 Å². The van der Waals surface area contributed by atoms with Crippen molar-refractivity contribution >= 4 is 23.0 Å². The van der Waals surface area contributed by atoms with E-state index in [1.807, 2.05) is 11.3 Å². The molecule has 1 heteroatoms. The van der Waals surface area contributed by atoms with Gasteiger partial charge >= 0.3 is 0 Å². The Morgan fingerprint density at radius 3 is 2.81 bits per heavy atom. The smallest absolute Gasteiger partial charge is 0.0302 e. The van der Waals surface area contributed by atoms with Crippen molar-refractivity contribution in [2.24, 2.45) is 0 Å². The van der Waals surface area contributed by atoms with Crippen LogP contribution in [-0.4, -0.2) is 0 Å². The maximum atomic E-state index is 2.37. The molecule has 0 fully saturated rings. The Bertz CT molecular complexity index is 546. The predicted molar refractivity (Wildman–Crippen MR) is 71.7 cm³/mol. The Morgan fingerprint density at radius 1 is 1.12 bits per heavy atom. The van der Waals surface area contributed by atoms with Crippen LogP contribution >= 0.6 is 11.3 Å². The van der Waals surface area contributed by atoms with E-state index in [4.69, 9.17) is 0 Å². The number of hydrogen-bond donors (Lipinski definition) is 0. The first-order chi connectivity index (χ1) is 7.84. The molecule has 0 bridgehead atoms. The first-order valence-corrected chi connectivity index (χ1v) is 6.55. The largest absolute Gasteiger partial charge is 0.144 e. The third-order valence-corrected chi connectivity index (χ3v) is 4.20. The molecule has 0 spiro atoms. The number of benzene rings is 1. The van der Waals surface area contributed by atoms with Crippen LogP contribution in [0.5, 0.6) is 0 Å². The van der Waals surface area contributed by atoms with Crippen molar-refractivity contribution in [3.8, 4) is 0 Å². The topological polar surface area (TPSA) is 0 Å². The van der Waals surface area contributed by atoms with E-state index >= 15 is 0 Å². The number of hydrogen-bond acceptors (Lipinski definition) is 1. The molecular formula is C15H14S. The van der Waals surface area contributed by atoms with E-state index in [1.54, 1.807) is 0 Å². The van der Waals surface area contributed by atoms with Gasteiger partial charge in [-0.1, -0.05) is 24.3 Å². The maximum Gasteiger partial charge on any atom is 0.0302 e. The van der Waals surface area contributed by atoms with Gasteiger partial charge in [-0.25, -0.2) is 0 Å². The van der Waals surface area contributed by atoms with E-state index in [0.29, 0.717) is 0 Å². The summed E-state index contributed by atoms with van der Waals surface area (Å²) in [6.07, 6.45) is 4.76. The van der Waals surface area contributed by atoms with E-state index < -0.39 is 0 Å². The summed E-state index contributed by atoms with van der Waals surface area (Å²) in [6, 6.07) is 11.0. The molecule has 1 aliphatic rings. The van der Waals surface area contributed by atoms with E-state index in [2.05, 4.69) is 48.7 Å². The lowest BCUT2D eigenvalue weighted by atomic mass is 10.1. The molecule has 0 unspecified atom stereocenters. The summed E-state index contributed by atoms with van der Waals surface area (Å²) in [5.74, 6) is 0. The molecule has 3 rings (SSSR count). The SMILES string of the molecule is Cc1ccsc1/C=C1/CCc2ccccc21. The van der Waals surface area contributed by atoms with Gasteiger partial charge in [-0.3, -0.25) is 0 Å². The molecule has 1 aliphatic carbocycles. The number of allylic oxidation sites excluding steroid dienone is 1. The molecule has 0 atom stereocenters. The second-order valence-electron chi connectivity index (χ2n) is 4.29. The molecule has 0 amide bonds. The lowest BCUT2D eigenvalue weighted by Gasteiger charge is -2.00. The van der Waals surface area contributed by atoms with Gasteiger partial charge in [0.15, 0.2) is 0 Å². The van der Waals surface area contributed by atoms with Crippen molar-refractivity contribution in [3.05, 3.63) is 57.3 Å². The molecule has 80 valence electrons. The Morgan fingerprint density at radius 2 is 2.00 bits per heavy atom. The van der Waals surface area contributed by atoms with E-state index in [-0.39, 0.29) is 0 Å². The minimum atomic E-state index is 1.19. The highest BCUT2D eigenvalue weighted by atomic mass is 32.1. The lowest BCUT2D eigenvalue weighted by Crippen LogP contribution is -1.79.